The van der Waals surface area contributed by atoms with Gasteiger partial charge in [0.05, 0.1) is 0 Å². The van der Waals surface area contributed by atoms with Crippen LogP contribution in [0.15, 0.2) is 24.3 Å². The zero-order valence-electron chi connectivity index (χ0n) is 6.57. The molecule has 0 bridgehead atoms. The van der Waals surface area contributed by atoms with Crippen LogP contribution in [0.1, 0.15) is 11.1 Å². The predicted molar refractivity (Wildman–Crippen MR) is 42.2 cm³/mol. The molecule has 0 spiro atoms. The number of benzene rings is 1. The van der Waals surface area contributed by atoms with Crippen LogP contribution in [0.4, 0.5) is 0 Å². The number of rotatable bonds is 2. The van der Waals surface area contributed by atoms with E-state index >= 15 is 0 Å². The molecule has 0 atom stereocenters. The molecule has 0 fully saturated rings. The summed E-state index contributed by atoms with van der Waals surface area (Å²) in [6.07, 6.45) is 0. The third kappa shape index (κ3) is 3.68. The molecular weight excluding hydrogens is 355 g/mol. The summed E-state index contributed by atoms with van der Waals surface area (Å²) in [6.45, 7) is 1.15. The maximum Gasteiger partial charge on any atom is 2.00 e. The summed E-state index contributed by atoms with van der Waals surface area (Å²) >= 11 is 0. The summed E-state index contributed by atoms with van der Waals surface area (Å²) in [5.74, 6) is 0. The van der Waals surface area contributed by atoms with E-state index in [0.717, 1.165) is 11.1 Å². The van der Waals surface area contributed by atoms with E-state index < -0.39 is 0 Å². The van der Waals surface area contributed by atoms with Gasteiger partial charge in [0.1, 0.15) is 0 Å². The molecule has 0 aromatic heterocycles. The van der Waals surface area contributed by atoms with E-state index in [-0.39, 0.29) is 33.5 Å². The van der Waals surface area contributed by atoms with Crippen molar-refractivity contribution in [2.24, 2.45) is 11.5 Å². The van der Waals surface area contributed by atoms with Crippen LogP contribution in [0.25, 0.3) is 0 Å². The SMILES string of the molecule is NCc1ccccc1CN.[Cl-].[Pt+2]. The monoisotopic (exact) mass is 366 g/mol. The Morgan fingerprint density at radius 3 is 1.50 bits per heavy atom. The first kappa shape index (κ1) is 14.6. The molecule has 1 aromatic rings. The first-order valence-electron chi connectivity index (χ1n) is 3.35. The van der Waals surface area contributed by atoms with Gasteiger partial charge in [0.15, 0.2) is 0 Å². The zero-order chi connectivity index (χ0) is 7.40. The summed E-state index contributed by atoms with van der Waals surface area (Å²) in [5, 5.41) is 0. The summed E-state index contributed by atoms with van der Waals surface area (Å²) in [4.78, 5) is 0. The van der Waals surface area contributed by atoms with Crippen molar-refractivity contribution in [2.45, 2.75) is 13.1 Å². The molecule has 2 nitrogen and oxygen atoms in total. The van der Waals surface area contributed by atoms with Gasteiger partial charge in [0.25, 0.3) is 0 Å². The number of halogens is 1. The van der Waals surface area contributed by atoms with Crippen molar-refractivity contribution in [1.29, 1.82) is 0 Å². The van der Waals surface area contributed by atoms with Crippen LogP contribution in [-0.2, 0) is 34.2 Å². The molecule has 1 rings (SSSR count). The molecule has 12 heavy (non-hydrogen) atoms. The first-order chi connectivity index (χ1) is 4.88. The third-order valence-electron chi connectivity index (χ3n) is 1.56. The molecule has 0 aliphatic rings. The average Bonchev–Trinajstić information content (AvgIpc) is 2.04. The van der Waals surface area contributed by atoms with Gasteiger partial charge in [0, 0.05) is 13.1 Å². The van der Waals surface area contributed by atoms with Crippen molar-refractivity contribution >= 4 is 0 Å². The third-order valence-corrected chi connectivity index (χ3v) is 1.56. The maximum atomic E-state index is 5.47. The van der Waals surface area contributed by atoms with Gasteiger partial charge in [-0.25, -0.2) is 0 Å². The predicted octanol–water partition coefficient (Wildman–Crippen LogP) is -2.39. The fourth-order valence-corrected chi connectivity index (χ4v) is 0.956. The van der Waals surface area contributed by atoms with E-state index in [1.165, 1.54) is 0 Å². The molecule has 1 aromatic carbocycles. The average molecular weight is 367 g/mol. The van der Waals surface area contributed by atoms with Gasteiger partial charge in [-0.05, 0) is 11.1 Å². The molecule has 0 saturated heterocycles. The number of hydrogen-bond donors (Lipinski definition) is 2. The topological polar surface area (TPSA) is 52.0 Å². The van der Waals surface area contributed by atoms with Gasteiger partial charge < -0.3 is 23.9 Å². The van der Waals surface area contributed by atoms with Gasteiger partial charge in [0.2, 0.25) is 0 Å². The molecule has 0 saturated carbocycles. The van der Waals surface area contributed by atoms with Crippen LogP contribution < -0.4 is 23.9 Å². The van der Waals surface area contributed by atoms with Crippen molar-refractivity contribution in [3.05, 3.63) is 35.4 Å². The van der Waals surface area contributed by atoms with Crippen molar-refractivity contribution in [3.63, 3.8) is 0 Å². The standard InChI is InChI=1S/C8H12N2.ClH.Pt/c9-5-7-3-1-2-4-8(7)6-10;;/h1-4H,5-6,9-10H2;1H;/q;;+2/p-1. The summed E-state index contributed by atoms with van der Waals surface area (Å²) < 4.78 is 0. The quantitative estimate of drug-likeness (QED) is 0.613. The van der Waals surface area contributed by atoms with E-state index in [2.05, 4.69) is 0 Å². The van der Waals surface area contributed by atoms with Gasteiger partial charge >= 0.3 is 21.1 Å². The minimum Gasteiger partial charge on any atom is -1.00 e. The van der Waals surface area contributed by atoms with Crippen molar-refractivity contribution in [2.75, 3.05) is 0 Å². The maximum absolute atomic E-state index is 5.47. The van der Waals surface area contributed by atoms with Gasteiger partial charge in [-0.3, -0.25) is 0 Å². The Labute approximate surface area is 93.4 Å². The number of hydrogen-bond acceptors (Lipinski definition) is 2. The molecule has 4 N–H and O–H groups in total. The van der Waals surface area contributed by atoms with Crippen LogP contribution >= 0.6 is 0 Å². The van der Waals surface area contributed by atoms with E-state index in [0.29, 0.717) is 13.1 Å². The van der Waals surface area contributed by atoms with Crippen LogP contribution in [0.2, 0.25) is 0 Å². The second kappa shape index (κ2) is 7.75. The Hall–Kier alpha value is 0.118. The molecule has 70 valence electrons. The normalized spacial score (nSPS) is 8.17. The largest absolute Gasteiger partial charge is 2.00 e. The van der Waals surface area contributed by atoms with E-state index in [1.54, 1.807) is 0 Å². The molecule has 4 heteroatoms. The molecule has 0 radical (unpaired) electrons. The number of nitrogens with two attached hydrogens (primary N) is 2. The molecule has 0 heterocycles. The smallest absolute Gasteiger partial charge is 1.00 e. The van der Waals surface area contributed by atoms with Crippen LogP contribution in [-0.4, -0.2) is 0 Å². The van der Waals surface area contributed by atoms with Gasteiger partial charge in [-0.15, -0.1) is 0 Å². The summed E-state index contributed by atoms with van der Waals surface area (Å²) in [6, 6.07) is 7.95. The van der Waals surface area contributed by atoms with Crippen molar-refractivity contribution < 1.29 is 33.5 Å². The molecule has 0 amide bonds. The van der Waals surface area contributed by atoms with E-state index in [1.807, 2.05) is 24.3 Å². The second-order valence-corrected chi connectivity index (χ2v) is 2.18. The Morgan fingerprint density at radius 1 is 0.917 bits per heavy atom. The zero-order valence-corrected chi connectivity index (χ0v) is 9.60. The van der Waals surface area contributed by atoms with E-state index in [4.69, 9.17) is 11.5 Å². The molecule has 0 aliphatic heterocycles. The summed E-state index contributed by atoms with van der Waals surface area (Å²) in [5.41, 5.74) is 13.2. The van der Waals surface area contributed by atoms with E-state index in [9.17, 15) is 0 Å². The molecular formula is C8H12ClN2Pt+. The van der Waals surface area contributed by atoms with Gasteiger partial charge in [-0.1, -0.05) is 24.3 Å². The molecule has 0 aliphatic carbocycles. The first-order valence-corrected chi connectivity index (χ1v) is 3.35. The van der Waals surface area contributed by atoms with Gasteiger partial charge in [-0.2, -0.15) is 0 Å². The Morgan fingerprint density at radius 2 is 1.25 bits per heavy atom. The van der Waals surface area contributed by atoms with Crippen LogP contribution in [0.5, 0.6) is 0 Å². The molecule has 0 unspecified atom stereocenters. The van der Waals surface area contributed by atoms with Crippen LogP contribution in [0.3, 0.4) is 0 Å². The minimum absolute atomic E-state index is 0. The Balaban J connectivity index is 0. The van der Waals surface area contributed by atoms with Crippen molar-refractivity contribution in [3.8, 4) is 0 Å². The fraction of sp³-hybridized carbons (Fsp3) is 0.250. The Bertz CT molecular complexity index is 195. The van der Waals surface area contributed by atoms with Crippen molar-refractivity contribution in [1.82, 2.24) is 0 Å². The fourth-order valence-electron chi connectivity index (χ4n) is 0.956. The summed E-state index contributed by atoms with van der Waals surface area (Å²) in [7, 11) is 0. The second-order valence-electron chi connectivity index (χ2n) is 2.18. The Kier molecular flexibility index (Phi) is 9.45. The minimum atomic E-state index is 0. The van der Waals surface area contributed by atoms with Crippen LogP contribution in [0, 0.1) is 0 Å².